The fourth-order valence-electron chi connectivity index (χ4n) is 2.19. The van der Waals surface area contributed by atoms with Gasteiger partial charge in [-0.05, 0) is 36.4 Å². The Bertz CT molecular complexity index is 596. The SMILES string of the molecule is Nc1cc(O)ccc1Nc1ccc(N(CCO)CCO)cc1. The van der Waals surface area contributed by atoms with E-state index in [2.05, 4.69) is 5.32 Å². The van der Waals surface area contributed by atoms with Gasteiger partial charge in [0, 0.05) is 30.5 Å². The van der Waals surface area contributed by atoms with Crippen LogP contribution in [0.3, 0.4) is 0 Å². The Kier molecular flexibility index (Phi) is 5.46. The average molecular weight is 303 g/mol. The first-order chi connectivity index (χ1) is 10.6. The number of aliphatic hydroxyl groups is 2. The molecule has 22 heavy (non-hydrogen) atoms. The summed E-state index contributed by atoms with van der Waals surface area (Å²) in [7, 11) is 0. The number of nitrogens with two attached hydrogens (primary N) is 1. The summed E-state index contributed by atoms with van der Waals surface area (Å²) in [5.74, 6) is 0.127. The molecule has 6 heteroatoms. The smallest absolute Gasteiger partial charge is 0.117 e. The van der Waals surface area contributed by atoms with Crippen molar-refractivity contribution in [1.29, 1.82) is 0 Å². The Morgan fingerprint density at radius 3 is 2.14 bits per heavy atom. The third kappa shape index (κ3) is 4.03. The number of benzene rings is 2. The molecule has 6 N–H and O–H groups in total. The quantitative estimate of drug-likeness (QED) is 0.392. The molecular weight excluding hydrogens is 282 g/mol. The van der Waals surface area contributed by atoms with Crippen LogP contribution in [0.15, 0.2) is 42.5 Å². The fraction of sp³-hybridized carbons (Fsp3) is 0.250. The molecule has 0 unspecified atom stereocenters. The van der Waals surface area contributed by atoms with Gasteiger partial charge in [0.2, 0.25) is 0 Å². The Morgan fingerprint density at radius 1 is 0.955 bits per heavy atom. The van der Waals surface area contributed by atoms with Crippen LogP contribution in [0.25, 0.3) is 0 Å². The number of anilines is 4. The first kappa shape index (κ1) is 15.9. The van der Waals surface area contributed by atoms with Crippen molar-refractivity contribution < 1.29 is 15.3 Å². The van der Waals surface area contributed by atoms with E-state index in [4.69, 9.17) is 15.9 Å². The molecule has 2 rings (SSSR count). The molecule has 0 aliphatic heterocycles. The Balaban J connectivity index is 2.10. The molecular formula is C16H21N3O3. The lowest BCUT2D eigenvalue weighted by atomic mass is 10.2. The second kappa shape index (κ2) is 7.53. The number of nitrogens with zero attached hydrogens (tertiary/aromatic N) is 1. The second-order valence-electron chi connectivity index (χ2n) is 4.88. The van der Waals surface area contributed by atoms with Gasteiger partial charge in [-0.3, -0.25) is 0 Å². The van der Waals surface area contributed by atoms with Crippen LogP contribution in [0.1, 0.15) is 0 Å². The minimum Gasteiger partial charge on any atom is -0.508 e. The summed E-state index contributed by atoms with van der Waals surface area (Å²) in [4.78, 5) is 1.90. The maximum absolute atomic E-state index is 9.35. The van der Waals surface area contributed by atoms with Gasteiger partial charge in [0.15, 0.2) is 0 Å². The van der Waals surface area contributed by atoms with Crippen molar-refractivity contribution in [3.63, 3.8) is 0 Å². The van der Waals surface area contributed by atoms with Gasteiger partial charge in [0.05, 0.1) is 24.6 Å². The van der Waals surface area contributed by atoms with Crippen LogP contribution in [0.2, 0.25) is 0 Å². The van der Waals surface area contributed by atoms with Gasteiger partial charge in [0.25, 0.3) is 0 Å². The number of phenolic OH excluding ortho intramolecular Hbond substituents is 1. The Morgan fingerprint density at radius 2 is 1.59 bits per heavy atom. The first-order valence-corrected chi connectivity index (χ1v) is 7.06. The molecule has 0 amide bonds. The maximum atomic E-state index is 9.35. The minimum absolute atomic E-state index is 0.0318. The lowest BCUT2D eigenvalue weighted by Crippen LogP contribution is -2.29. The minimum atomic E-state index is 0.0318. The van der Waals surface area contributed by atoms with Crippen LogP contribution in [-0.2, 0) is 0 Å². The van der Waals surface area contributed by atoms with Crippen molar-refractivity contribution >= 4 is 22.7 Å². The topological polar surface area (TPSA) is 102 Å². The lowest BCUT2D eigenvalue weighted by Gasteiger charge is -2.23. The van der Waals surface area contributed by atoms with Crippen LogP contribution >= 0.6 is 0 Å². The van der Waals surface area contributed by atoms with E-state index in [-0.39, 0.29) is 19.0 Å². The summed E-state index contributed by atoms with van der Waals surface area (Å²) in [6.07, 6.45) is 0. The highest BCUT2D eigenvalue weighted by molar-refractivity contribution is 5.74. The van der Waals surface area contributed by atoms with Gasteiger partial charge < -0.3 is 31.3 Å². The number of nitrogens with one attached hydrogen (secondary N) is 1. The predicted octanol–water partition coefficient (Wildman–Crippen LogP) is 1.51. The van der Waals surface area contributed by atoms with Crippen molar-refractivity contribution in [2.24, 2.45) is 0 Å². The normalized spacial score (nSPS) is 10.5. The molecule has 0 atom stereocenters. The van der Waals surface area contributed by atoms with Crippen LogP contribution in [0, 0.1) is 0 Å². The van der Waals surface area contributed by atoms with E-state index in [1.54, 1.807) is 12.1 Å². The van der Waals surface area contributed by atoms with Gasteiger partial charge in [-0.25, -0.2) is 0 Å². The molecule has 0 radical (unpaired) electrons. The van der Waals surface area contributed by atoms with Gasteiger partial charge in [-0.1, -0.05) is 0 Å². The van der Waals surface area contributed by atoms with Crippen molar-refractivity contribution in [1.82, 2.24) is 0 Å². The molecule has 0 saturated heterocycles. The van der Waals surface area contributed by atoms with E-state index in [9.17, 15) is 5.11 Å². The maximum Gasteiger partial charge on any atom is 0.117 e. The molecule has 0 spiro atoms. The van der Waals surface area contributed by atoms with Crippen LogP contribution < -0.4 is 16.0 Å². The van der Waals surface area contributed by atoms with E-state index in [1.807, 2.05) is 29.2 Å². The molecule has 0 aliphatic rings. The number of aromatic hydroxyl groups is 1. The van der Waals surface area contributed by atoms with Crippen LogP contribution in [0.4, 0.5) is 22.7 Å². The summed E-state index contributed by atoms with van der Waals surface area (Å²) in [5, 5.41) is 30.6. The van der Waals surface area contributed by atoms with Crippen molar-refractivity contribution in [2.75, 3.05) is 42.3 Å². The Labute approximate surface area is 129 Å². The first-order valence-electron chi connectivity index (χ1n) is 7.06. The zero-order chi connectivity index (χ0) is 15.9. The molecule has 2 aromatic carbocycles. The van der Waals surface area contributed by atoms with Gasteiger partial charge in [-0.15, -0.1) is 0 Å². The number of rotatable bonds is 7. The van der Waals surface area contributed by atoms with E-state index in [1.165, 1.54) is 6.07 Å². The number of aliphatic hydroxyl groups excluding tert-OH is 2. The van der Waals surface area contributed by atoms with Gasteiger partial charge in [-0.2, -0.15) is 0 Å². The average Bonchev–Trinajstić information content (AvgIpc) is 2.51. The van der Waals surface area contributed by atoms with Gasteiger partial charge >= 0.3 is 0 Å². The highest BCUT2D eigenvalue weighted by atomic mass is 16.3. The summed E-state index contributed by atoms with van der Waals surface area (Å²) in [6, 6.07) is 12.4. The third-order valence-electron chi connectivity index (χ3n) is 3.29. The zero-order valence-corrected chi connectivity index (χ0v) is 12.2. The molecule has 0 aliphatic carbocycles. The third-order valence-corrected chi connectivity index (χ3v) is 3.29. The van der Waals surface area contributed by atoms with Crippen LogP contribution in [-0.4, -0.2) is 41.6 Å². The second-order valence-corrected chi connectivity index (χ2v) is 4.88. The van der Waals surface area contributed by atoms with Crippen molar-refractivity contribution in [2.45, 2.75) is 0 Å². The van der Waals surface area contributed by atoms with E-state index in [0.29, 0.717) is 24.5 Å². The molecule has 0 heterocycles. The number of nitrogen functional groups attached to an aromatic ring is 1. The molecule has 0 aromatic heterocycles. The molecule has 0 fully saturated rings. The molecule has 6 nitrogen and oxygen atoms in total. The van der Waals surface area contributed by atoms with Crippen LogP contribution in [0.5, 0.6) is 5.75 Å². The highest BCUT2D eigenvalue weighted by Crippen LogP contribution is 2.27. The lowest BCUT2D eigenvalue weighted by molar-refractivity contribution is 0.281. The Hall–Kier alpha value is -2.44. The van der Waals surface area contributed by atoms with Gasteiger partial charge in [0.1, 0.15) is 5.75 Å². The number of hydrogen-bond donors (Lipinski definition) is 5. The summed E-state index contributed by atoms with van der Waals surface area (Å²) in [6.45, 7) is 1.00. The summed E-state index contributed by atoms with van der Waals surface area (Å²) < 4.78 is 0. The number of phenols is 1. The van der Waals surface area contributed by atoms with Crippen molar-refractivity contribution in [3.8, 4) is 5.75 Å². The fourth-order valence-corrected chi connectivity index (χ4v) is 2.19. The van der Waals surface area contributed by atoms with E-state index >= 15 is 0 Å². The standard InChI is InChI=1S/C16H21N3O3/c17-15-11-14(22)5-6-16(15)18-12-1-3-13(4-2-12)19(7-9-20)8-10-21/h1-6,11,18,20-22H,7-10,17H2. The van der Waals surface area contributed by atoms with E-state index < -0.39 is 0 Å². The summed E-state index contributed by atoms with van der Waals surface area (Å²) >= 11 is 0. The molecule has 0 bridgehead atoms. The molecule has 2 aromatic rings. The van der Waals surface area contributed by atoms with Crippen molar-refractivity contribution in [3.05, 3.63) is 42.5 Å². The number of hydrogen-bond acceptors (Lipinski definition) is 6. The monoisotopic (exact) mass is 303 g/mol. The zero-order valence-electron chi connectivity index (χ0n) is 12.2. The molecule has 0 saturated carbocycles. The summed E-state index contributed by atoms with van der Waals surface area (Å²) in [5.41, 5.74) is 8.80. The highest BCUT2D eigenvalue weighted by Gasteiger charge is 2.06. The predicted molar refractivity (Wildman–Crippen MR) is 88.6 cm³/mol. The largest absolute Gasteiger partial charge is 0.508 e. The van der Waals surface area contributed by atoms with E-state index in [0.717, 1.165) is 11.4 Å². The molecule has 118 valence electrons.